The molecule has 17 heavy (non-hydrogen) atoms. The van der Waals surface area contributed by atoms with Crippen molar-refractivity contribution >= 4 is 11.7 Å². The van der Waals surface area contributed by atoms with Crippen LogP contribution in [0.2, 0.25) is 0 Å². The minimum Gasteiger partial charge on any atom is -0.478 e. The van der Waals surface area contributed by atoms with E-state index in [0.717, 1.165) is 18.8 Å². The first kappa shape index (κ1) is 13.3. The van der Waals surface area contributed by atoms with Crippen molar-refractivity contribution in [3.63, 3.8) is 0 Å². The van der Waals surface area contributed by atoms with Gasteiger partial charge >= 0.3 is 5.97 Å². The van der Waals surface area contributed by atoms with Gasteiger partial charge in [0.2, 0.25) is 0 Å². The molecular formula is C14H19NO2. The van der Waals surface area contributed by atoms with Crippen LogP contribution in [0.3, 0.4) is 0 Å². The van der Waals surface area contributed by atoms with Gasteiger partial charge in [-0.05, 0) is 45.0 Å². The van der Waals surface area contributed by atoms with Crippen LogP contribution < -0.4 is 4.90 Å². The number of benzene rings is 1. The summed E-state index contributed by atoms with van der Waals surface area (Å²) < 4.78 is 0. The monoisotopic (exact) mass is 233 g/mol. The summed E-state index contributed by atoms with van der Waals surface area (Å²) >= 11 is 0. The van der Waals surface area contributed by atoms with E-state index in [1.165, 1.54) is 5.57 Å². The van der Waals surface area contributed by atoms with Crippen LogP contribution in [0.4, 0.5) is 5.69 Å². The molecule has 0 aromatic heterocycles. The van der Waals surface area contributed by atoms with Gasteiger partial charge in [0.25, 0.3) is 0 Å². The van der Waals surface area contributed by atoms with Crippen LogP contribution in [0.25, 0.3) is 0 Å². The molecule has 0 spiro atoms. The number of carboxylic acid groups (broad SMARTS) is 1. The third kappa shape index (κ3) is 3.94. The number of aromatic carboxylic acids is 1. The van der Waals surface area contributed by atoms with Gasteiger partial charge in [-0.2, -0.15) is 0 Å². The van der Waals surface area contributed by atoms with Crippen LogP contribution in [0.5, 0.6) is 0 Å². The van der Waals surface area contributed by atoms with Crippen LogP contribution in [-0.4, -0.2) is 24.2 Å². The van der Waals surface area contributed by atoms with E-state index in [-0.39, 0.29) is 0 Å². The number of allylic oxidation sites excluding steroid dienone is 1. The highest BCUT2D eigenvalue weighted by Crippen LogP contribution is 2.15. The molecular weight excluding hydrogens is 214 g/mol. The lowest BCUT2D eigenvalue weighted by molar-refractivity contribution is 0.0697. The van der Waals surface area contributed by atoms with Crippen LogP contribution in [0, 0.1) is 0 Å². The quantitative estimate of drug-likeness (QED) is 0.794. The van der Waals surface area contributed by atoms with Crippen molar-refractivity contribution in [2.75, 3.05) is 18.0 Å². The number of anilines is 1. The van der Waals surface area contributed by atoms with E-state index in [2.05, 4.69) is 31.7 Å². The highest BCUT2D eigenvalue weighted by Gasteiger charge is 2.05. The van der Waals surface area contributed by atoms with E-state index in [4.69, 9.17) is 5.11 Å². The minimum atomic E-state index is -0.885. The molecule has 3 heteroatoms. The Morgan fingerprint density at radius 1 is 1.29 bits per heavy atom. The zero-order valence-corrected chi connectivity index (χ0v) is 10.6. The molecule has 0 radical (unpaired) electrons. The molecule has 0 aliphatic rings. The Labute approximate surface area is 102 Å². The van der Waals surface area contributed by atoms with Crippen LogP contribution >= 0.6 is 0 Å². The zero-order valence-electron chi connectivity index (χ0n) is 10.6. The molecule has 0 saturated heterocycles. The van der Waals surface area contributed by atoms with Crippen molar-refractivity contribution in [1.82, 2.24) is 0 Å². The Morgan fingerprint density at radius 2 is 1.88 bits per heavy atom. The molecule has 0 saturated carbocycles. The molecule has 0 unspecified atom stereocenters. The minimum absolute atomic E-state index is 0.326. The molecule has 0 atom stereocenters. The fraction of sp³-hybridized carbons (Fsp3) is 0.357. The fourth-order valence-electron chi connectivity index (χ4n) is 1.52. The van der Waals surface area contributed by atoms with Crippen LogP contribution in [-0.2, 0) is 0 Å². The smallest absolute Gasteiger partial charge is 0.335 e. The van der Waals surface area contributed by atoms with Gasteiger partial charge in [-0.25, -0.2) is 4.79 Å². The van der Waals surface area contributed by atoms with Gasteiger partial charge in [0.15, 0.2) is 0 Å². The molecule has 1 aromatic carbocycles. The van der Waals surface area contributed by atoms with E-state index in [9.17, 15) is 4.79 Å². The standard InChI is InChI=1S/C14H19NO2/c1-4-15(10-9-11(2)3)13-7-5-12(6-8-13)14(16)17/h5-9H,4,10H2,1-3H3,(H,16,17). The van der Waals surface area contributed by atoms with Crippen molar-refractivity contribution in [1.29, 1.82) is 0 Å². The predicted octanol–water partition coefficient (Wildman–Crippen LogP) is 3.18. The van der Waals surface area contributed by atoms with Crippen LogP contribution in [0.15, 0.2) is 35.9 Å². The lowest BCUT2D eigenvalue weighted by atomic mass is 10.2. The molecule has 0 heterocycles. The number of nitrogens with zero attached hydrogens (tertiary/aromatic N) is 1. The topological polar surface area (TPSA) is 40.5 Å². The summed E-state index contributed by atoms with van der Waals surface area (Å²) in [5.74, 6) is -0.885. The maximum absolute atomic E-state index is 10.7. The number of carbonyl (C=O) groups is 1. The molecule has 0 aliphatic carbocycles. The highest BCUT2D eigenvalue weighted by atomic mass is 16.4. The molecule has 92 valence electrons. The molecule has 0 aliphatic heterocycles. The fourth-order valence-corrected chi connectivity index (χ4v) is 1.52. The van der Waals surface area contributed by atoms with Gasteiger partial charge in [-0.15, -0.1) is 0 Å². The number of hydrogen-bond acceptors (Lipinski definition) is 2. The molecule has 3 nitrogen and oxygen atoms in total. The largest absolute Gasteiger partial charge is 0.478 e. The number of rotatable bonds is 5. The van der Waals surface area contributed by atoms with E-state index in [0.29, 0.717) is 5.56 Å². The summed E-state index contributed by atoms with van der Waals surface area (Å²) in [6, 6.07) is 6.99. The molecule has 1 rings (SSSR count). The number of likely N-dealkylation sites (N-methyl/N-ethyl adjacent to an activating group) is 1. The summed E-state index contributed by atoms with van der Waals surface area (Å²) in [6.07, 6.45) is 2.16. The van der Waals surface area contributed by atoms with E-state index in [1.807, 2.05) is 12.1 Å². The summed E-state index contributed by atoms with van der Waals surface area (Å²) in [5, 5.41) is 8.82. The predicted molar refractivity (Wildman–Crippen MR) is 70.7 cm³/mol. The Bertz CT molecular complexity index is 403. The third-order valence-corrected chi connectivity index (χ3v) is 2.58. The van der Waals surface area contributed by atoms with Gasteiger partial charge in [-0.1, -0.05) is 11.6 Å². The van der Waals surface area contributed by atoms with Crippen molar-refractivity contribution in [2.24, 2.45) is 0 Å². The zero-order chi connectivity index (χ0) is 12.8. The van der Waals surface area contributed by atoms with Crippen molar-refractivity contribution in [2.45, 2.75) is 20.8 Å². The average molecular weight is 233 g/mol. The van der Waals surface area contributed by atoms with Gasteiger partial charge in [0.1, 0.15) is 0 Å². The van der Waals surface area contributed by atoms with Crippen molar-refractivity contribution in [3.05, 3.63) is 41.5 Å². The first-order chi connectivity index (χ1) is 8.04. The molecule has 1 N–H and O–H groups in total. The normalized spacial score (nSPS) is 9.82. The summed E-state index contributed by atoms with van der Waals surface area (Å²) in [4.78, 5) is 12.9. The number of carboxylic acids is 1. The Hall–Kier alpha value is -1.77. The van der Waals surface area contributed by atoms with Crippen molar-refractivity contribution < 1.29 is 9.90 Å². The number of hydrogen-bond donors (Lipinski definition) is 1. The van der Waals surface area contributed by atoms with Gasteiger partial charge in [0.05, 0.1) is 5.56 Å². The average Bonchev–Trinajstić information content (AvgIpc) is 2.30. The summed E-state index contributed by atoms with van der Waals surface area (Å²) in [7, 11) is 0. The second kappa shape index (κ2) is 6.09. The first-order valence-electron chi connectivity index (χ1n) is 5.76. The van der Waals surface area contributed by atoms with E-state index >= 15 is 0 Å². The second-order valence-electron chi connectivity index (χ2n) is 4.17. The lowest BCUT2D eigenvalue weighted by Crippen LogP contribution is -2.22. The molecule has 0 bridgehead atoms. The Morgan fingerprint density at radius 3 is 2.29 bits per heavy atom. The second-order valence-corrected chi connectivity index (χ2v) is 4.17. The lowest BCUT2D eigenvalue weighted by Gasteiger charge is -2.21. The summed E-state index contributed by atoms with van der Waals surface area (Å²) in [6.45, 7) is 7.98. The highest BCUT2D eigenvalue weighted by molar-refractivity contribution is 5.88. The van der Waals surface area contributed by atoms with Gasteiger partial charge < -0.3 is 10.0 Å². The van der Waals surface area contributed by atoms with Crippen LogP contribution in [0.1, 0.15) is 31.1 Å². The summed E-state index contributed by atoms with van der Waals surface area (Å²) in [5.41, 5.74) is 2.66. The molecule has 1 aromatic rings. The first-order valence-corrected chi connectivity index (χ1v) is 5.76. The van der Waals surface area contributed by atoms with E-state index in [1.54, 1.807) is 12.1 Å². The van der Waals surface area contributed by atoms with Crippen molar-refractivity contribution in [3.8, 4) is 0 Å². The Balaban J connectivity index is 2.82. The SMILES string of the molecule is CCN(CC=C(C)C)c1ccc(C(=O)O)cc1. The maximum Gasteiger partial charge on any atom is 0.335 e. The van der Waals surface area contributed by atoms with E-state index < -0.39 is 5.97 Å². The maximum atomic E-state index is 10.7. The third-order valence-electron chi connectivity index (χ3n) is 2.58. The molecule has 0 fully saturated rings. The Kier molecular flexibility index (Phi) is 4.76. The van der Waals surface area contributed by atoms with Gasteiger partial charge in [0, 0.05) is 18.8 Å². The van der Waals surface area contributed by atoms with Gasteiger partial charge in [-0.3, -0.25) is 0 Å². The molecule has 0 amide bonds.